The Balaban J connectivity index is 1.41. The Labute approximate surface area is 201 Å². The van der Waals surface area contributed by atoms with E-state index in [4.69, 9.17) is 4.74 Å². The van der Waals surface area contributed by atoms with Gasteiger partial charge in [-0.25, -0.2) is 22.2 Å². The van der Waals surface area contributed by atoms with E-state index < -0.39 is 40.5 Å². The number of anilines is 1. The summed E-state index contributed by atoms with van der Waals surface area (Å²) < 4.78 is 61.6. The summed E-state index contributed by atoms with van der Waals surface area (Å²) in [6.07, 6.45) is 2.78. The Hall–Kier alpha value is -2.89. The Morgan fingerprint density at radius 3 is 2.60 bits per heavy atom. The van der Waals surface area contributed by atoms with Gasteiger partial charge < -0.3 is 15.2 Å². The van der Waals surface area contributed by atoms with Crippen molar-refractivity contribution in [3.63, 3.8) is 0 Å². The van der Waals surface area contributed by atoms with Crippen LogP contribution in [0.5, 0.6) is 5.88 Å². The van der Waals surface area contributed by atoms with Gasteiger partial charge in [-0.3, -0.25) is 4.68 Å². The molecule has 2 aromatic heterocycles. The molecular weight excluding hydrogens is 484 g/mol. The maximum atomic E-state index is 13.7. The van der Waals surface area contributed by atoms with Gasteiger partial charge in [0.05, 0.1) is 12.4 Å². The van der Waals surface area contributed by atoms with E-state index >= 15 is 0 Å². The topological polar surface area (TPSA) is 146 Å². The first-order valence-electron chi connectivity index (χ1n) is 11.2. The number of nitrogens with zero attached hydrogens (tertiary/aromatic N) is 6. The molecule has 0 spiro atoms. The molecule has 11 nitrogen and oxygen atoms in total. The number of aliphatic hydroxyl groups is 1. The molecule has 2 aliphatic rings. The van der Waals surface area contributed by atoms with Gasteiger partial charge in [0, 0.05) is 45.2 Å². The van der Waals surface area contributed by atoms with Crippen LogP contribution in [0.1, 0.15) is 44.6 Å². The van der Waals surface area contributed by atoms with Crippen LogP contribution in [-0.4, -0.2) is 74.3 Å². The molecule has 0 bridgehead atoms. The predicted molar refractivity (Wildman–Crippen MR) is 119 cm³/mol. The monoisotopic (exact) mass is 511 g/mol. The molecule has 0 radical (unpaired) electrons. The molecule has 1 aliphatic carbocycles. The molecule has 1 aliphatic heterocycles. The molecule has 4 rings (SSSR count). The maximum absolute atomic E-state index is 13.7. The van der Waals surface area contributed by atoms with Crippen molar-refractivity contribution in [3.8, 4) is 11.9 Å². The zero-order valence-corrected chi connectivity index (χ0v) is 20.2. The maximum Gasteiger partial charge on any atom is 0.251 e. The van der Waals surface area contributed by atoms with Crippen LogP contribution < -0.4 is 10.1 Å². The van der Waals surface area contributed by atoms with Crippen molar-refractivity contribution in [1.29, 1.82) is 5.26 Å². The van der Waals surface area contributed by atoms with Gasteiger partial charge in [-0.1, -0.05) is 0 Å². The molecule has 0 aromatic carbocycles. The highest BCUT2D eigenvalue weighted by atomic mass is 32.2. The molecule has 2 N–H and O–H groups in total. The van der Waals surface area contributed by atoms with Crippen LogP contribution >= 0.6 is 0 Å². The van der Waals surface area contributed by atoms with Crippen LogP contribution in [0.15, 0.2) is 23.5 Å². The molecule has 1 saturated heterocycles. The van der Waals surface area contributed by atoms with Crippen molar-refractivity contribution in [1.82, 2.24) is 24.1 Å². The second-order valence-corrected chi connectivity index (χ2v) is 11.2. The van der Waals surface area contributed by atoms with E-state index in [9.17, 15) is 27.6 Å². The summed E-state index contributed by atoms with van der Waals surface area (Å²) in [5, 5.41) is 26.9. The first-order valence-corrected chi connectivity index (χ1v) is 12.6. The average Bonchev–Trinajstić information content (AvgIpc) is 3.23. The fourth-order valence-electron chi connectivity index (χ4n) is 4.41. The van der Waals surface area contributed by atoms with E-state index in [-0.39, 0.29) is 47.8 Å². The van der Waals surface area contributed by atoms with Crippen LogP contribution in [0.3, 0.4) is 0 Å². The number of hydrogen-bond acceptors (Lipinski definition) is 9. The highest BCUT2D eigenvalue weighted by Gasteiger charge is 2.49. The van der Waals surface area contributed by atoms with Crippen LogP contribution in [-0.2, 0) is 17.1 Å². The van der Waals surface area contributed by atoms with E-state index in [0.29, 0.717) is 12.8 Å². The SMILES string of the molecule is Cn1cc(S(=O)(=O)N2CCC(Nc3ncc(C#N)c(O[C@H]4CCC(F)(F)C[C@@]4(C)O)n3)CC2)cn1. The zero-order valence-electron chi connectivity index (χ0n) is 19.4. The predicted octanol–water partition coefficient (Wildman–Crippen LogP) is 1.66. The van der Waals surface area contributed by atoms with Crippen molar-refractivity contribution in [2.24, 2.45) is 7.05 Å². The standard InChI is InChI=1S/C21H27F2N7O4S/c1-20(31)13-21(22,23)6-3-17(20)34-18-14(9-24)10-25-19(28-18)27-15-4-7-30(8-5-15)35(32,33)16-11-26-29(2)12-16/h10-12,15,17,31H,3-8,13H2,1-2H3,(H,25,27,28)/t17-,20+/m0/s1. The summed E-state index contributed by atoms with van der Waals surface area (Å²) in [6, 6.07) is 1.78. The number of piperidine rings is 1. The molecule has 2 aromatic rings. The number of halogens is 2. The van der Waals surface area contributed by atoms with Crippen molar-refractivity contribution in [2.75, 3.05) is 18.4 Å². The van der Waals surface area contributed by atoms with Gasteiger partial charge in [0.2, 0.25) is 21.9 Å². The molecule has 0 amide bonds. The highest BCUT2D eigenvalue weighted by Crippen LogP contribution is 2.41. The summed E-state index contributed by atoms with van der Waals surface area (Å²) >= 11 is 0. The lowest BCUT2D eigenvalue weighted by Crippen LogP contribution is -2.51. The summed E-state index contributed by atoms with van der Waals surface area (Å²) in [7, 11) is -1.98. The molecule has 0 unspecified atom stereocenters. The number of alkyl halides is 2. The lowest BCUT2D eigenvalue weighted by Gasteiger charge is -2.40. The Morgan fingerprint density at radius 2 is 2.00 bits per heavy atom. The highest BCUT2D eigenvalue weighted by molar-refractivity contribution is 7.89. The fraction of sp³-hybridized carbons (Fsp3) is 0.619. The summed E-state index contributed by atoms with van der Waals surface area (Å²) in [4.78, 5) is 8.51. The van der Waals surface area contributed by atoms with Gasteiger partial charge >= 0.3 is 0 Å². The molecule has 2 atom stereocenters. The molecule has 1 saturated carbocycles. The number of hydrogen-bond donors (Lipinski definition) is 2. The average molecular weight is 512 g/mol. The number of rotatable bonds is 6. The van der Waals surface area contributed by atoms with Crippen LogP contribution in [0, 0.1) is 11.3 Å². The smallest absolute Gasteiger partial charge is 0.251 e. The molecule has 190 valence electrons. The summed E-state index contributed by atoms with van der Waals surface area (Å²) in [5.41, 5.74) is -1.78. The molecule has 14 heteroatoms. The Bertz CT molecular complexity index is 1220. The van der Waals surface area contributed by atoms with Gasteiger partial charge in [-0.05, 0) is 26.2 Å². The van der Waals surface area contributed by atoms with Crippen LogP contribution in [0.4, 0.5) is 14.7 Å². The van der Waals surface area contributed by atoms with E-state index in [1.807, 2.05) is 6.07 Å². The van der Waals surface area contributed by atoms with E-state index in [1.165, 1.54) is 34.5 Å². The Morgan fingerprint density at radius 1 is 1.29 bits per heavy atom. The molecule has 2 fully saturated rings. The normalized spacial score (nSPS) is 25.7. The van der Waals surface area contributed by atoms with Gasteiger partial charge in [0.15, 0.2) is 0 Å². The van der Waals surface area contributed by atoms with Gasteiger partial charge in [0.1, 0.15) is 28.2 Å². The number of sulfonamides is 1. The fourth-order valence-corrected chi connectivity index (χ4v) is 5.86. The van der Waals surface area contributed by atoms with E-state index in [2.05, 4.69) is 20.4 Å². The quantitative estimate of drug-likeness (QED) is 0.591. The van der Waals surface area contributed by atoms with Crippen molar-refractivity contribution in [3.05, 3.63) is 24.2 Å². The van der Waals surface area contributed by atoms with E-state index in [0.717, 1.165) is 0 Å². The minimum Gasteiger partial charge on any atom is -0.470 e. The lowest BCUT2D eigenvalue weighted by molar-refractivity contribution is -0.162. The number of nitriles is 1. The second-order valence-electron chi connectivity index (χ2n) is 9.23. The van der Waals surface area contributed by atoms with E-state index in [1.54, 1.807) is 7.05 Å². The van der Waals surface area contributed by atoms with Gasteiger partial charge in [0.25, 0.3) is 5.92 Å². The summed E-state index contributed by atoms with van der Waals surface area (Å²) in [6.45, 7) is 1.85. The third kappa shape index (κ3) is 5.52. The van der Waals surface area contributed by atoms with Crippen molar-refractivity contribution < 1.29 is 27.0 Å². The van der Waals surface area contributed by atoms with Crippen LogP contribution in [0.2, 0.25) is 0 Å². The number of ether oxygens (including phenoxy) is 1. The largest absolute Gasteiger partial charge is 0.470 e. The van der Waals surface area contributed by atoms with Gasteiger partial charge in [-0.2, -0.15) is 19.6 Å². The third-order valence-electron chi connectivity index (χ3n) is 6.32. The molecular formula is C21H27F2N7O4S. The lowest BCUT2D eigenvalue weighted by atomic mass is 9.81. The number of nitrogens with one attached hydrogen (secondary N) is 1. The minimum atomic E-state index is -3.63. The van der Waals surface area contributed by atoms with Crippen LogP contribution in [0.25, 0.3) is 0 Å². The van der Waals surface area contributed by atoms with Crippen molar-refractivity contribution in [2.45, 2.75) is 67.6 Å². The third-order valence-corrected chi connectivity index (χ3v) is 8.17. The zero-order chi connectivity index (χ0) is 25.4. The van der Waals surface area contributed by atoms with Gasteiger partial charge in [-0.15, -0.1) is 0 Å². The molecule has 35 heavy (non-hydrogen) atoms. The number of aromatic nitrogens is 4. The van der Waals surface area contributed by atoms with Crippen molar-refractivity contribution >= 4 is 16.0 Å². The second kappa shape index (κ2) is 9.29. The Kier molecular flexibility index (Phi) is 6.69. The first-order chi connectivity index (χ1) is 16.4. The number of aryl methyl sites for hydroxylation is 1. The summed E-state index contributed by atoms with van der Waals surface area (Å²) in [5.74, 6) is -2.93. The minimum absolute atomic E-state index is 0.0149. The first kappa shape index (κ1) is 25.2. The molecule has 3 heterocycles.